The minimum atomic E-state index is 0.0955. The third-order valence-electron chi connectivity index (χ3n) is 0.999. The number of rotatable bonds is 2. The van der Waals surface area contributed by atoms with Gasteiger partial charge in [-0.3, -0.25) is 0 Å². The zero-order chi connectivity index (χ0) is 11.1. The molecule has 0 atom stereocenters. The lowest BCUT2D eigenvalue weighted by molar-refractivity contribution is 0.866. The van der Waals surface area contributed by atoms with Crippen molar-refractivity contribution in [2.75, 3.05) is 5.32 Å². The van der Waals surface area contributed by atoms with E-state index in [0.717, 1.165) is 0 Å². The Labute approximate surface area is 94.1 Å². The molecule has 0 aromatic carbocycles. The molecule has 0 saturated heterocycles. The first-order valence-electron chi connectivity index (χ1n) is 4.41. The third-order valence-corrected chi connectivity index (χ3v) is 1.34. The van der Waals surface area contributed by atoms with E-state index >= 15 is 0 Å². The van der Waals surface area contributed by atoms with Gasteiger partial charge in [-0.25, -0.2) is 0 Å². The van der Waals surface area contributed by atoms with E-state index in [0.29, 0.717) is 5.95 Å². The highest BCUT2D eigenvalue weighted by atomic mass is 35.5. The highest BCUT2D eigenvalue weighted by Crippen LogP contribution is 2.09. The van der Waals surface area contributed by atoms with E-state index in [-0.39, 0.29) is 16.6 Å². The molecule has 1 heterocycles. The molecular weight excluding hydrogens is 223 g/mol. The molecule has 0 fully saturated rings. The molecule has 0 amide bonds. The molecule has 0 bridgehead atoms. The minimum absolute atomic E-state index is 0.0955. The van der Waals surface area contributed by atoms with Crippen molar-refractivity contribution >= 4 is 29.2 Å². The van der Waals surface area contributed by atoms with Crippen LogP contribution in [-0.4, -0.2) is 21.0 Å². The van der Waals surface area contributed by atoms with Gasteiger partial charge in [0.15, 0.2) is 0 Å². The summed E-state index contributed by atoms with van der Waals surface area (Å²) < 4.78 is 0. The lowest BCUT2D eigenvalue weighted by Gasteiger charge is -2.06. The molecule has 1 N–H and O–H groups in total. The number of nitrogens with one attached hydrogen (secondary N) is 1. The molecule has 0 spiro atoms. The van der Waals surface area contributed by atoms with Crippen molar-refractivity contribution in [2.24, 2.45) is 0 Å². The van der Waals surface area contributed by atoms with Crippen LogP contribution >= 0.6 is 23.2 Å². The molecule has 1 rings (SSSR count). The topological polar surface area (TPSA) is 50.7 Å². The second kappa shape index (κ2) is 6.79. The zero-order valence-electron chi connectivity index (χ0n) is 8.67. The fraction of sp³-hybridized carbons (Fsp3) is 0.625. The quantitative estimate of drug-likeness (QED) is 0.858. The van der Waals surface area contributed by atoms with Crippen molar-refractivity contribution in [1.29, 1.82) is 0 Å². The van der Waals surface area contributed by atoms with Crippen LogP contribution in [0.5, 0.6) is 0 Å². The van der Waals surface area contributed by atoms with Gasteiger partial charge in [-0.2, -0.15) is 15.0 Å². The molecule has 0 aliphatic carbocycles. The molecular formula is C8H14Cl2N4. The first-order valence-corrected chi connectivity index (χ1v) is 5.17. The number of hydrogen-bond donors (Lipinski definition) is 1. The lowest BCUT2D eigenvalue weighted by Crippen LogP contribution is -2.13. The Kier molecular flexibility index (Phi) is 6.49. The van der Waals surface area contributed by atoms with Crippen LogP contribution in [0, 0.1) is 0 Å². The zero-order valence-corrected chi connectivity index (χ0v) is 10.2. The first-order chi connectivity index (χ1) is 6.58. The number of nitrogens with zero attached hydrogens (tertiary/aromatic N) is 3. The van der Waals surface area contributed by atoms with Crippen LogP contribution in [0.1, 0.15) is 27.7 Å². The van der Waals surface area contributed by atoms with Crippen LogP contribution < -0.4 is 5.32 Å². The molecule has 0 saturated carbocycles. The van der Waals surface area contributed by atoms with Gasteiger partial charge >= 0.3 is 0 Å². The van der Waals surface area contributed by atoms with Gasteiger partial charge in [0.05, 0.1) is 0 Å². The summed E-state index contributed by atoms with van der Waals surface area (Å²) >= 11 is 11.1. The molecule has 1 aromatic rings. The highest BCUT2D eigenvalue weighted by Gasteiger charge is 2.02. The molecule has 4 nitrogen and oxygen atoms in total. The Hall–Kier alpha value is -0.610. The molecule has 14 heavy (non-hydrogen) atoms. The van der Waals surface area contributed by atoms with Crippen molar-refractivity contribution in [3.8, 4) is 0 Å². The normalized spacial score (nSPS) is 9.36. The summed E-state index contributed by atoms with van der Waals surface area (Å²) in [4.78, 5) is 11.3. The SMILES string of the molecule is CC.CC(C)Nc1nc(Cl)nc(Cl)n1. The number of hydrogen-bond acceptors (Lipinski definition) is 4. The number of aromatic nitrogens is 3. The molecule has 0 aliphatic rings. The predicted octanol–water partition coefficient (Wildman–Crippen LogP) is 3.02. The van der Waals surface area contributed by atoms with Gasteiger partial charge < -0.3 is 5.32 Å². The summed E-state index contributed by atoms with van der Waals surface area (Å²) in [5, 5.41) is 3.15. The van der Waals surface area contributed by atoms with Crippen molar-refractivity contribution in [1.82, 2.24) is 15.0 Å². The van der Waals surface area contributed by atoms with Crippen LogP contribution in [0.3, 0.4) is 0 Å². The standard InChI is InChI=1S/C6H8Cl2N4.C2H6/c1-3(2)9-6-11-4(7)10-5(8)12-6;1-2/h3H,1-2H3,(H,9,10,11,12);1-2H3. The Morgan fingerprint density at radius 2 is 1.43 bits per heavy atom. The molecule has 0 unspecified atom stereocenters. The van der Waals surface area contributed by atoms with Gasteiger partial charge in [0, 0.05) is 6.04 Å². The molecule has 0 aliphatic heterocycles. The maximum absolute atomic E-state index is 5.55. The van der Waals surface area contributed by atoms with E-state index in [1.54, 1.807) is 0 Å². The van der Waals surface area contributed by atoms with Crippen LogP contribution in [0.4, 0.5) is 5.95 Å². The van der Waals surface area contributed by atoms with Gasteiger partial charge in [-0.05, 0) is 37.0 Å². The summed E-state index contributed by atoms with van der Waals surface area (Å²) in [6, 6.07) is 0.236. The first kappa shape index (κ1) is 13.4. The average Bonchev–Trinajstić information content (AvgIpc) is 2.04. The molecule has 6 heteroatoms. The Balaban J connectivity index is 0.000000791. The number of anilines is 1. The van der Waals surface area contributed by atoms with E-state index < -0.39 is 0 Å². The minimum Gasteiger partial charge on any atom is -0.352 e. The Bertz CT molecular complexity index is 258. The van der Waals surface area contributed by atoms with Gasteiger partial charge in [0.25, 0.3) is 0 Å². The van der Waals surface area contributed by atoms with Crippen LogP contribution in [0.2, 0.25) is 10.6 Å². The smallest absolute Gasteiger partial charge is 0.228 e. The summed E-state index contributed by atoms with van der Waals surface area (Å²) in [5.41, 5.74) is 0. The molecule has 0 radical (unpaired) electrons. The third kappa shape index (κ3) is 5.19. The summed E-state index contributed by atoms with van der Waals surface area (Å²) in [6.45, 7) is 7.93. The van der Waals surface area contributed by atoms with Crippen LogP contribution in [0.15, 0.2) is 0 Å². The van der Waals surface area contributed by atoms with Crippen molar-refractivity contribution in [3.05, 3.63) is 10.6 Å². The van der Waals surface area contributed by atoms with E-state index in [4.69, 9.17) is 23.2 Å². The molecule has 80 valence electrons. The fourth-order valence-corrected chi connectivity index (χ4v) is 1.01. The molecule has 1 aromatic heterocycles. The highest BCUT2D eigenvalue weighted by molar-refractivity contribution is 6.31. The Morgan fingerprint density at radius 3 is 1.79 bits per heavy atom. The summed E-state index contributed by atoms with van der Waals surface area (Å²) in [5.74, 6) is 0.398. The Morgan fingerprint density at radius 1 is 1.00 bits per heavy atom. The van der Waals surface area contributed by atoms with E-state index in [1.165, 1.54) is 0 Å². The van der Waals surface area contributed by atoms with E-state index in [2.05, 4.69) is 20.3 Å². The maximum atomic E-state index is 5.55. The van der Waals surface area contributed by atoms with Crippen molar-refractivity contribution < 1.29 is 0 Å². The second-order valence-corrected chi connectivity index (χ2v) is 3.17. The maximum Gasteiger partial charge on any atom is 0.228 e. The van der Waals surface area contributed by atoms with Crippen LogP contribution in [0.25, 0.3) is 0 Å². The van der Waals surface area contributed by atoms with Gasteiger partial charge in [-0.1, -0.05) is 13.8 Å². The van der Waals surface area contributed by atoms with E-state index in [1.807, 2.05) is 27.7 Å². The predicted molar refractivity (Wildman–Crippen MR) is 60.0 cm³/mol. The number of halogens is 2. The fourth-order valence-electron chi connectivity index (χ4n) is 0.649. The second-order valence-electron chi connectivity index (χ2n) is 2.50. The summed E-state index contributed by atoms with van der Waals surface area (Å²) in [6.07, 6.45) is 0. The summed E-state index contributed by atoms with van der Waals surface area (Å²) in [7, 11) is 0. The monoisotopic (exact) mass is 236 g/mol. The van der Waals surface area contributed by atoms with Gasteiger partial charge in [-0.15, -0.1) is 0 Å². The van der Waals surface area contributed by atoms with Gasteiger partial charge in [0.2, 0.25) is 16.5 Å². The lowest BCUT2D eigenvalue weighted by atomic mass is 10.4. The average molecular weight is 237 g/mol. The van der Waals surface area contributed by atoms with Gasteiger partial charge in [0.1, 0.15) is 0 Å². The van der Waals surface area contributed by atoms with E-state index in [9.17, 15) is 0 Å². The van der Waals surface area contributed by atoms with Crippen LogP contribution in [-0.2, 0) is 0 Å². The van der Waals surface area contributed by atoms with Crippen molar-refractivity contribution in [3.63, 3.8) is 0 Å². The largest absolute Gasteiger partial charge is 0.352 e. The van der Waals surface area contributed by atoms with Crippen molar-refractivity contribution in [2.45, 2.75) is 33.7 Å².